The molecular formula is C19H24N4O3. The van der Waals surface area contributed by atoms with Gasteiger partial charge in [-0.1, -0.05) is 6.92 Å². The highest BCUT2D eigenvalue weighted by molar-refractivity contribution is 6.10. The molecule has 2 amide bonds. The molecule has 0 atom stereocenters. The maximum Gasteiger partial charge on any atom is 0.272 e. The van der Waals surface area contributed by atoms with Crippen LogP contribution in [0.5, 0.6) is 0 Å². The second kappa shape index (κ2) is 8.05. The van der Waals surface area contributed by atoms with Crippen LogP contribution >= 0.6 is 0 Å². The van der Waals surface area contributed by atoms with Gasteiger partial charge >= 0.3 is 0 Å². The molecule has 2 aliphatic rings. The van der Waals surface area contributed by atoms with Crippen LogP contribution in [0.2, 0.25) is 0 Å². The summed E-state index contributed by atoms with van der Waals surface area (Å²) in [6.07, 6.45) is 2.03. The van der Waals surface area contributed by atoms with Crippen LogP contribution in [-0.2, 0) is 14.3 Å². The maximum absolute atomic E-state index is 12.6. The second-order valence-electron chi connectivity index (χ2n) is 6.23. The van der Waals surface area contributed by atoms with E-state index in [0.717, 1.165) is 37.7 Å². The number of hydrogen-bond donors (Lipinski definition) is 3. The summed E-state index contributed by atoms with van der Waals surface area (Å²) in [5.41, 5.74) is 3.31. The van der Waals surface area contributed by atoms with E-state index >= 15 is 0 Å². The summed E-state index contributed by atoms with van der Waals surface area (Å²) in [5.74, 6) is -0.579. The molecule has 138 valence electrons. The highest BCUT2D eigenvalue weighted by Gasteiger charge is 2.22. The number of carbonyl (C=O) groups excluding carboxylic acids is 2. The molecule has 0 radical (unpaired) electrons. The van der Waals surface area contributed by atoms with Crippen molar-refractivity contribution < 1.29 is 14.3 Å². The molecule has 2 heterocycles. The molecule has 0 aliphatic carbocycles. The van der Waals surface area contributed by atoms with E-state index in [4.69, 9.17) is 4.74 Å². The molecule has 0 unspecified atom stereocenters. The van der Waals surface area contributed by atoms with Gasteiger partial charge in [-0.05, 0) is 37.6 Å². The largest absolute Gasteiger partial charge is 0.378 e. The van der Waals surface area contributed by atoms with E-state index in [1.54, 1.807) is 6.20 Å². The van der Waals surface area contributed by atoms with E-state index in [9.17, 15) is 9.59 Å². The summed E-state index contributed by atoms with van der Waals surface area (Å²) < 4.78 is 5.36. The number of nitrogens with one attached hydrogen (secondary N) is 3. The van der Waals surface area contributed by atoms with Crippen molar-refractivity contribution in [3.63, 3.8) is 0 Å². The average molecular weight is 356 g/mol. The smallest absolute Gasteiger partial charge is 0.272 e. The van der Waals surface area contributed by atoms with Gasteiger partial charge in [-0.3, -0.25) is 9.59 Å². The van der Waals surface area contributed by atoms with Crippen LogP contribution in [0.25, 0.3) is 0 Å². The van der Waals surface area contributed by atoms with Gasteiger partial charge in [0, 0.05) is 41.9 Å². The van der Waals surface area contributed by atoms with Gasteiger partial charge in [0.05, 0.1) is 13.2 Å². The molecule has 2 aliphatic heterocycles. The lowest BCUT2D eigenvalue weighted by atomic mass is 10.1. The Morgan fingerprint density at radius 3 is 2.58 bits per heavy atom. The molecule has 1 aromatic carbocycles. The Hall–Kier alpha value is -2.80. The predicted molar refractivity (Wildman–Crippen MR) is 100 cm³/mol. The van der Waals surface area contributed by atoms with Crippen molar-refractivity contribution in [3.05, 3.63) is 47.4 Å². The predicted octanol–water partition coefficient (Wildman–Crippen LogP) is 1.71. The molecule has 26 heavy (non-hydrogen) atoms. The quantitative estimate of drug-likeness (QED) is 0.716. The van der Waals surface area contributed by atoms with E-state index in [1.165, 1.54) is 0 Å². The molecular weight excluding hydrogens is 332 g/mol. The number of amides is 2. The van der Waals surface area contributed by atoms with E-state index in [1.807, 2.05) is 38.1 Å². The molecule has 7 heteroatoms. The van der Waals surface area contributed by atoms with Crippen molar-refractivity contribution in [3.8, 4) is 0 Å². The van der Waals surface area contributed by atoms with Gasteiger partial charge in [0.1, 0.15) is 5.70 Å². The zero-order valence-electron chi connectivity index (χ0n) is 15.1. The minimum absolute atomic E-state index is 0.279. The topological polar surface area (TPSA) is 82.7 Å². The Balaban J connectivity index is 1.72. The molecule has 1 aromatic rings. The summed E-state index contributed by atoms with van der Waals surface area (Å²) in [6, 6.07) is 7.72. The van der Waals surface area contributed by atoms with Crippen molar-refractivity contribution in [2.75, 3.05) is 36.5 Å². The van der Waals surface area contributed by atoms with Crippen molar-refractivity contribution in [2.45, 2.75) is 20.3 Å². The van der Waals surface area contributed by atoms with Gasteiger partial charge in [-0.25, -0.2) is 0 Å². The normalized spacial score (nSPS) is 19.2. The lowest BCUT2D eigenvalue weighted by Gasteiger charge is -2.28. The number of benzene rings is 1. The third kappa shape index (κ3) is 4.05. The Bertz CT molecular complexity index is 747. The monoisotopic (exact) mass is 356 g/mol. The van der Waals surface area contributed by atoms with Crippen LogP contribution < -0.4 is 20.9 Å². The van der Waals surface area contributed by atoms with Gasteiger partial charge in [0.2, 0.25) is 0 Å². The number of carbonyl (C=O) groups is 2. The molecule has 1 fully saturated rings. The van der Waals surface area contributed by atoms with Crippen molar-refractivity contribution >= 4 is 23.2 Å². The van der Waals surface area contributed by atoms with E-state index in [2.05, 4.69) is 20.9 Å². The lowest BCUT2D eigenvalue weighted by Crippen LogP contribution is -2.36. The highest BCUT2D eigenvalue weighted by Crippen LogP contribution is 2.20. The first-order valence-corrected chi connectivity index (χ1v) is 8.80. The van der Waals surface area contributed by atoms with Gasteiger partial charge in [0.25, 0.3) is 11.8 Å². The molecule has 7 nitrogen and oxygen atoms in total. The first-order valence-electron chi connectivity index (χ1n) is 8.80. The summed E-state index contributed by atoms with van der Waals surface area (Å²) in [4.78, 5) is 26.9. The molecule has 0 aromatic heterocycles. The van der Waals surface area contributed by atoms with Crippen molar-refractivity contribution in [2.24, 2.45) is 0 Å². The summed E-state index contributed by atoms with van der Waals surface area (Å²) in [6.45, 7) is 6.88. The fourth-order valence-electron chi connectivity index (χ4n) is 2.98. The zero-order chi connectivity index (χ0) is 18.5. The summed E-state index contributed by atoms with van der Waals surface area (Å²) in [5, 5.41) is 8.50. The van der Waals surface area contributed by atoms with Crippen LogP contribution in [0.1, 0.15) is 20.3 Å². The van der Waals surface area contributed by atoms with Crippen LogP contribution in [0, 0.1) is 0 Å². The minimum Gasteiger partial charge on any atom is -0.378 e. The van der Waals surface area contributed by atoms with Crippen LogP contribution in [0.4, 0.5) is 11.4 Å². The fraction of sp³-hybridized carbons (Fsp3) is 0.368. The number of anilines is 2. The van der Waals surface area contributed by atoms with Crippen molar-refractivity contribution in [1.29, 1.82) is 0 Å². The number of hydrogen-bond acceptors (Lipinski definition) is 5. The average Bonchev–Trinajstić information content (AvgIpc) is 2.66. The second-order valence-corrected chi connectivity index (χ2v) is 6.23. The van der Waals surface area contributed by atoms with E-state index in [0.29, 0.717) is 23.4 Å². The molecule has 3 N–H and O–H groups in total. The number of allylic oxidation sites excluding steroid dienone is 1. The number of morpholine rings is 1. The third-order valence-electron chi connectivity index (χ3n) is 4.40. The SMILES string of the molecule is CC/C(C(=O)Nc1ccc(N2CCOCC2)cc1)=C1\NC(C)=CNC1=O. The molecule has 1 saturated heterocycles. The van der Waals surface area contributed by atoms with Crippen LogP contribution in [0.3, 0.4) is 0 Å². The maximum atomic E-state index is 12.6. The summed E-state index contributed by atoms with van der Waals surface area (Å²) in [7, 11) is 0. The molecule has 3 rings (SSSR count). The Morgan fingerprint density at radius 2 is 1.92 bits per heavy atom. The first-order chi connectivity index (χ1) is 12.6. The van der Waals surface area contributed by atoms with Gasteiger partial charge in [-0.2, -0.15) is 0 Å². The van der Waals surface area contributed by atoms with Gasteiger partial charge < -0.3 is 25.6 Å². The highest BCUT2D eigenvalue weighted by atomic mass is 16.5. The standard InChI is InChI=1S/C19H24N4O3/c1-3-16(17-19(25)20-12-13(2)21-17)18(24)22-14-4-6-15(7-5-14)23-8-10-26-11-9-23/h4-7,12,21H,3,8-11H2,1-2H3,(H,20,25)(H,22,24)/b17-16+. The lowest BCUT2D eigenvalue weighted by molar-refractivity contribution is -0.118. The summed E-state index contributed by atoms with van der Waals surface area (Å²) >= 11 is 0. The number of nitrogens with zero attached hydrogens (tertiary/aromatic N) is 1. The van der Waals surface area contributed by atoms with Gasteiger partial charge in [-0.15, -0.1) is 0 Å². The van der Waals surface area contributed by atoms with Crippen LogP contribution in [-0.4, -0.2) is 38.1 Å². The number of rotatable bonds is 4. The molecule has 0 saturated carbocycles. The third-order valence-corrected chi connectivity index (χ3v) is 4.40. The first kappa shape index (κ1) is 18.0. The van der Waals surface area contributed by atoms with Gasteiger partial charge in [0.15, 0.2) is 0 Å². The zero-order valence-corrected chi connectivity index (χ0v) is 15.1. The van der Waals surface area contributed by atoms with Crippen LogP contribution in [0.15, 0.2) is 47.4 Å². The van der Waals surface area contributed by atoms with E-state index in [-0.39, 0.29) is 11.8 Å². The number of ether oxygens (including phenoxy) is 1. The molecule has 0 spiro atoms. The van der Waals surface area contributed by atoms with E-state index < -0.39 is 0 Å². The fourth-order valence-corrected chi connectivity index (χ4v) is 2.98. The minimum atomic E-state index is -0.301. The Labute approximate surface area is 153 Å². The Morgan fingerprint density at radius 1 is 1.23 bits per heavy atom. The molecule has 0 bridgehead atoms. The van der Waals surface area contributed by atoms with Crippen molar-refractivity contribution in [1.82, 2.24) is 10.6 Å². The Kier molecular flexibility index (Phi) is 5.58.